The standard InChI is InChI=1S/C15H12N4O4S2/c1-10-7-8-12(19(20)21)9-13(10)25(22,23)18-15-17-16-14(24-15)11-5-3-2-4-6-11/h2-9H,1H3,(H,17,18). The highest BCUT2D eigenvalue weighted by Gasteiger charge is 2.22. The van der Waals surface area contributed by atoms with E-state index >= 15 is 0 Å². The Morgan fingerprint density at radius 1 is 1.12 bits per heavy atom. The fraction of sp³-hybridized carbons (Fsp3) is 0.0667. The van der Waals surface area contributed by atoms with Crippen LogP contribution in [0, 0.1) is 17.0 Å². The third-order valence-electron chi connectivity index (χ3n) is 3.34. The van der Waals surface area contributed by atoms with Crippen molar-refractivity contribution in [2.24, 2.45) is 0 Å². The van der Waals surface area contributed by atoms with Crippen molar-refractivity contribution in [3.05, 3.63) is 64.2 Å². The van der Waals surface area contributed by atoms with Crippen LogP contribution in [0.15, 0.2) is 53.4 Å². The van der Waals surface area contributed by atoms with Crippen LogP contribution in [0.25, 0.3) is 10.6 Å². The Morgan fingerprint density at radius 3 is 2.52 bits per heavy atom. The largest absolute Gasteiger partial charge is 0.270 e. The fourth-order valence-corrected chi connectivity index (χ4v) is 4.37. The van der Waals surface area contributed by atoms with Gasteiger partial charge in [0.05, 0.1) is 9.82 Å². The number of aromatic nitrogens is 2. The highest BCUT2D eigenvalue weighted by atomic mass is 32.2. The minimum absolute atomic E-state index is 0.0877. The molecule has 0 radical (unpaired) electrons. The Labute approximate surface area is 147 Å². The van der Waals surface area contributed by atoms with Gasteiger partial charge in [-0.2, -0.15) is 0 Å². The summed E-state index contributed by atoms with van der Waals surface area (Å²) in [5.74, 6) is 0. The summed E-state index contributed by atoms with van der Waals surface area (Å²) in [6.45, 7) is 1.56. The first-order valence-corrected chi connectivity index (χ1v) is 9.33. The number of anilines is 1. The monoisotopic (exact) mass is 376 g/mol. The maximum atomic E-state index is 12.5. The Hall–Kier alpha value is -2.85. The van der Waals surface area contributed by atoms with Gasteiger partial charge in [0, 0.05) is 17.7 Å². The molecule has 0 fully saturated rings. The van der Waals surface area contributed by atoms with Crippen molar-refractivity contribution >= 4 is 32.2 Å². The van der Waals surface area contributed by atoms with Gasteiger partial charge in [0.25, 0.3) is 15.7 Å². The number of benzene rings is 2. The molecule has 3 aromatic rings. The summed E-state index contributed by atoms with van der Waals surface area (Å²) < 4.78 is 27.4. The molecular formula is C15H12N4O4S2. The molecule has 128 valence electrons. The van der Waals surface area contributed by atoms with Crippen LogP contribution in [0.1, 0.15) is 5.56 Å². The van der Waals surface area contributed by atoms with Crippen LogP contribution in [0.3, 0.4) is 0 Å². The first kappa shape index (κ1) is 17.0. The average molecular weight is 376 g/mol. The normalized spacial score (nSPS) is 11.2. The maximum Gasteiger partial charge on any atom is 0.270 e. The number of nitrogens with one attached hydrogen (secondary N) is 1. The molecule has 0 aliphatic carbocycles. The third-order valence-corrected chi connectivity index (χ3v) is 5.84. The Bertz CT molecular complexity index is 1030. The van der Waals surface area contributed by atoms with E-state index in [1.54, 1.807) is 6.92 Å². The molecule has 0 spiro atoms. The molecule has 1 heterocycles. The van der Waals surface area contributed by atoms with Crippen LogP contribution >= 0.6 is 11.3 Å². The lowest BCUT2D eigenvalue weighted by Gasteiger charge is -2.07. The van der Waals surface area contributed by atoms with Gasteiger partial charge in [0.2, 0.25) is 5.13 Å². The van der Waals surface area contributed by atoms with Gasteiger partial charge in [-0.1, -0.05) is 47.7 Å². The minimum Gasteiger partial charge on any atom is -0.258 e. The van der Waals surface area contributed by atoms with E-state index in [1.165, 1.54) is 12.1 Å². The molecule has 1 aromatic heterocycles. The molecule has 0 amide bonds. The molecule has 0 aliphatic heterocycles. The van der Waals surface area contributed by atoms with E-state index in [1.807, 2.05) is 30.3 Å². The summed E-state index contributed by atoms with van der Waals surface area (Å²) in [5, 5.41) is 19.3. The SMILES string of the molecule is Cc1ccc([N+](=O)[O-])cc1S(=O)(=O)Nc1nnc(-c2ccccc2)s1. The van der Waals surface area contributed by atoms with Crippen molar-refractivity contribution < 1.29 is 13.3 Å². The third kappa shape index (κ3) is 3.64. The summed E-state index contributed by atoms with van der Waals surface area (Å²) in [4.78, 5) is 10.1. The van der Waals surface area contributed by atoms with Crippen LogP contribution in [0.2, 0.25) is 0 Å². The van der Waals surface area contributed by atoms with E-state index in [4.69, 9.17) is 0 Å². The molecule has 0 saturated heterocycles. The topological polar surface area (TPSA) is 115 Å². The van der Waals surface area contributed by atoms with Gasteiger partial charge in [-0.15, -0.1) is 10.2 Å². The molecule has 3 rings (SSSR count). The van der Waals surface area contributed by atoms with E-state index in [0.29, 0.717) is 10.6 Å². The predicted octanol–water partition coefficient (Wildman–Crippen LogP) is 3.22. The van der Waals surface area contributed by atoms with Crippen LogP contribution < -0.4 is 4.72 Å². The fourth-order valence-electron chi connectivity index (χ4n) is 2.12. The Kier molecular flexibility index (Phi) is 4.47. The summed E-state index contributed by atoms with van der Waals surface area (Å²) in [6, 6.07) is 12.9. The van der Waals surface area contributed by atoms with Crippen LogP contribution in [0.5, 0.6) is 0 Å². The molecule has 10 heteroatoms. The molecule has 0 aliphatic rings. The molecule has 0 unspecified atom stereocenters. The van der Waals surface area contributed by atoms with Gasteiger partial charge in [-0.05, 0) is 12.5 Å². The molecule has 0 saturated carbocycles. The molecule has 25 heavy (non-hydrogen) atoms. The quantitative estimate of drug-likeness (QED) is 0.540. The van der Waals surface area contributed by atoms with E-state index in [-0.39, 0.29) is 15.7 Å². The second-order valence-corrected chi connectivity index (χ2v) is 7.72. The molecular weight excluding hydrogens is 364 g/mol. The summed E-state index contributed by atoms with van der Waals surface area (Å²) >= 11 is 1.08. The second-order valence-electron chi connectivity index (χ2n) is 5.09. The van der Waals surface area contributed by atoms with Gasteiger partial charge in [0.1, 0.15) is 5.01 Å². The van der Waals surface area contributed by atoms with Crippen molar-refractivity contribution in [1.29, 1.82) is 0 Å². The molecule has 8 nitrogen and oxygen atoms in total. The van der Waals surface area contributed by atoms with Gasteiger partial charge < -0.3 is 0 Å². The van der Waals surface area contributed by atoms with Crippen molar-refractivity contribution in [2.45, 2.75) is 11.8 Å². The summed E-state index contributed by atoms with van der Waals surface area (Å²) in [7, 11) is -4.02. The van der Waals surface area contributed by atoms with Crippen LogP contribution in [0.4, 0.5) is 10.8 Å². The van der Waals surface area contributed by atoms with Crippen molar-refractivity contribution in [2.75, 3.05) is 4.72 Å². The zero-order valence-corrected chi connectivity index (χ0v) is 14.5. The smallest absolute Gasteiger partial charge is 0.258 e. The van der Waals surface area contributed by atoms with Crippen molar-refractivity contribution in [1.82, 2.24) is 10.2 Å². The number of nitro benzene ring substituents is 1. The molecule has 2 aromatic carbocycles. The number of hydrogen-bond donors (Lipinski definition) is 1. The number of nitro groups is 1. The maximum absolute atomic E-state index is 12.5. The average Bonchev–Trinajstić information content (AvgIpc) is 3.03. The number of non-ortho nitro benzene ring substituents is 1. The Balaban J connectivity index is 1.91. The van der Waals surface area contributed by atoms with Crippen molar-refractivity contribution in [3.8, 4) is 10.6 Å². The highest BCUT2D eigenvalue weighted by molar-refractivity contribution is 7.93. The number of hydrogen-bond acceptors (Lipinski definition) is 7. The van der Waals surface area contributed by atoms with E-state index in [2.05, 4.69) is 14.9 Å². The van der Waals surface area contributed by atoms with E-state index in [9.17, 15) is 18.5 Å². The van der Waals surface area contributed by atoms with E-state index in [0.717, 1.165) is 23.0 Å². The first-order chi connectivity index (χ1) is 11.9. The molecule has 0 bridgehead atoms. The summed E-state index contributed by atoms with van der Waals surface area (Å²) in [6.07, 6.45) is 0. The lowest BCUT2D eigenvalue weighted by molar-refractivity contribution is -0.385. The van der Waals surface area contributed by atoms with Crippen LogP contribution in [-0.4, -0.2) is 23.5 Å². The van der Waals surface area contributed by atoms with Crippen LogP contribution in [-0.2, 0) is 10.0 Å². The van der Waals surface area contributed by atoms with E-state index < -0.39 is 14.9 Å². The lowest BCUT2D eigenvalue weighted by Crippen LogP contribution is -2.14. The van der Waals surface area contributed by atoms with Gasteiger partial charge in [-0.3, -0.25) is 14.8 Å². The zero-order valence-electron chi connectivity index (χ0n) is 12.9. The first-order valence-electron chi connectivity index (χ1n) is 7.03. The number of rotatable bonds is 5. The minimum atomic E-state index is -4.02. The number of aryl methyl sites for hydroxylation is 1. The van der Waals surface area contributed by atoms with Crippen molar-refractivity contribution in [3.63, 3.8) is 0 Å². The second kappa shape index (κ2) is 6.57. The van der Waals surface area contributed by atoms with Gasteiger partial charge in [-0.25, -0.2) is 8.42 Å². The molecule has 1 N–H and O–H groups in total. The Morgan fingerprint density at radius 2 is 1.84 bits per heavy atom. The molecule has 0 atom stereocenters. The highest BCUT2D eigenvalue weighted by Crippen LogP contribution is 2.29. The zero-order chi connectivity index (χ0) is 18.0. The number of sulfonamides is 1. The predicted molar refractivity (Wildman–Crippen MR) is 94.0 cm³/mol. The lowest BCUT2D eigenvalue weighted by atomic mass is 10.2. The number of nitrogens with zero attached hydrogens (tertiary/aromatic N) is 3. The van der Waals surface area contributed by atoms with Gasteiger partial charge >= 0.3 is 0 Å². The van der Waals surface area contributed by atoms with Gasteiger partial charge in [0.15, 0.2) is 0 Å². The summed E-state index contributed by atoms with van der Waals surface area (Å²) in [5.41, 5.74) is 0.913.